The summed E-state index contributed by atoms with van der Waals surface area (Å²) >= 11 is 3.37. The van der Waals surface area contributed by atoms with Crippen LogP contribution in [-0.2, 0) is 16.8 Å². The van der Waals surface area contributed by atoms with Crippen LogP contribution in [-0.4, -0.2) is 17.1 Å². The van der Waals surface area contributed by atoms with Gasteiger partial charge in [-0.1, -0.05) is 6.92 Å². The predicted molar refractivity (Wildman–Crippen MR) is 61.4 cm³/mol. The van der Waals surface area contributed by atoms with Crippen molar-refractivity contribution in [1.82, 2.24) is 9.97 Å². The quantitative estimate of drug-likeness (QED) is 0.914. The number of nitrogen functional groups attached to an aromatic ring is 1. The molecule has 0 bridgehead atoms. The molecule has 1 fully saturated rings. The number of aromatic nitrogens is 2. The molecule has 1 saturated carbocycles. The summed E-state index contributed by atoms with van der Waals surface area (Å²) in [4.78, 5) is 8.81. The molecule has 0 saturated heterocycles. The molecule has 4 nitrogen and oxygen atoms in total. The lowest BCUT2D eigenvalue weighted by Crippen LogP contribution is -2.12. The van der Waals surface area contributed by atoms with Gasteiger partial charge in [-0.05, 0) is 28.8 Å². The van der Waals surface area contributed by atoms with E-state index in [9.17, 15) is 0 Å². The molecule has 0 amide bonds. The number of hydrogen-bond donors (Lipinski definition) is 1. The Kier molecular flexibility index (Phi) is 2.68. The van der Waals surface area contributed by atoms with Crippen molar-refractivity contribution in [3.8, 4) is 0 Å². The van der Waals surface area contributed by atoms with Gasteiger partial charge >= 0.3 is 0 Å². The molecule has 0 aliphatic heterocycles. The number of halogens is 1. The van der Waals surface area contributed by atoms with E-state index in [2.05, 4.69) is 32.8 Å². The first-order valence-corrected chi connectivity index (χ1v) is 5.67. The summed E-state index contributed by atoms with van der Waals surface area (Å²) < 4.78 is 5.82. The van der Waals surface area contributed by atoms with Crippen LogP contribution in [0.2, 0.25) is 0 Å². The van der Waals surface area contributed by atoms with Gasteiger partial charge in [-0.2, -0.15) is 0 Å². The van der Waals surface area contributed by atoms with Crippen LogP contribution in [0.5, 0.6) is 0 Å². The molecule has 1 aliphatic rings. The van der Waals surface area contributed by atoms with Gasteiger partial charge in [0.05, 0.1) is 16.8 Å². The van der Waals surface area contributed by atoms with Gasteiger partial charge in [0.1, 0.15) is 11.6 Å². The minimum Gasteiger partial charge on any atom is -0.383 e. The number of methoxy groups -OCH3 is 1. The Morgan fingerprint density at radius 2 is 2.13 bits per heavy atom. The third kappa shape index (κ3) is 1.99. The summed E-state index contributed by atoms with van der Waals surface area (Å²) in [6, 6.07) is 0. The first-order chi connectivity index (χ1) is 7.07. The van der Waals surface area contributed by atoms with Crippen molar-refractivity contribution in [3.63, 3.8) is 0 Å². The first-order valence-electron chi connectivity index (χ1n) is 4.88. The zero-order valence-corrected chi connectivity index (χ0v) is 10.5. The minimum absolute atomic E-state index is 0.136. The lowest BCUT2D eigenvalue weighted by atomic mass is 10.1. The van der Waals surface area contributed by atoms with Crippen LogP contribution in [0.4, 0.5) is 5.82 Å². The highest BCUT2D eigenvalue weighted by molar-refractivity contribution is 9.10. The largest absolute Gasteiger partial charge is 0.383 e. The van der Waals surface area contributed by atoms with Gasteiger partial charge in [-0.25, -0.2) is 9.97 Å². The molecule has 0 unspecified atom stereocenters. The van der Waals surface area contributed by atoms with Gasteiger partial charge in [0.15, 0.2) is 0 Å². The molecule has 1 aliphatic carbocycles. The van der Waals surface area contributed by atoms with E-state index in [1.807, 2.05) is 0 Å². The normalized spacial score (nSPS) is 17.8. The zero-order chi connectivity index (χ0) is 11.1. The van der Waals surface area contributed by atoms with Gasteiger partial charge in [-0.15, -0.1) is 0 Å². The molecule has 15 heavy (non-hydrogen) atoms. The number of nitrogens with zero attached hydrogens (tertiary/aromatic N) is 2. The van der Waals surface area contributed by atoms with E-state index < -0.39 is 0 Å². The van der Waals surface area contributed by atoms with Crippen LogP contribution in [0, 0.1) is 0 Å². The van der Waals surface area contributed by atoms with Gasteiger partial charge < -0.3 is 10.5 Å². The minimum atomic E-state index is 0.136. The average Bonchev–Trinajstić information content (AvgIpc) is 2.93. The van der Waals surface area contributed by atoms with Crippen LogP contribution < -0.4 is 5.73 Å². The Morgan fingerprint density at radius 1 is 1.47 bits per heavy atom. The summed E-state index contributed by atoms with van der Waals surface area (Å²) in [7, 11) is 1.64. The van der Waals surface area contributed by atoms with E-state index in [1.165, 1.54) is 0 Å². The van der Waals surface area contributed by atoms with Crippen LogP contribution in [0.1, 0.15) is 31.3 Å². The highest BCUT2D eigenvalue weighted by atomic mass is 79.9. The molecule has 5 heteroatoms. The number of hydrogen-bond acceptors (Lipinski definition) is 4. The van der Waals surface area contributed by atoms with Crippen molar-refractivity contribution < 1.29 is 4.74 Å². The second-order valence-corrected chi connectivity index (χ2v) is 4.98. The van der Waals surface area contributed by atoms with Crippen molar-refractivity contribution in [2.75, 3.05) is 12.8 Å². The van der Waals surface area contributed by atoms with Crippen LogP contribution in [0.25, 0.3) is 0 Å². The summed E-state index contributed by atoms with van der Waals surface area (Å²) in [6.45, 7) is 2.61. The number of anilines is 1. The smallest absolute Gasteiger partial charge is 0.141 e. The summed E-state index contributed by atoms with van der Waals surface area (Å²) in [6.07, 6.45) is 2.28. The molecule has 1 heterocycles. The number of nitrogens with two attached hydrogens (primary N) is 1. The van der Waals surface area contributed by atoms with Gasteiger partial charge in [0.25, 0.3) is 0 Å². The highest BCUT2D eigenvalue weighted by Crippen LogP contribution is 2.46. The molecule has 1 aromatic rings. The van der Waals surface area contributed by atoms with E-state index in [-0.39, 0.29) is 5.41 Å². The molecule has 0 spiro atoms. The summed E-state index contributed by atoms with van der Waals surface area (Å²) in [5, 5.41) is 0. The summed E-state index contributed by atoms with van der Waals surface area (Å²) in [5.41, 5.74) is 6.79. The first kappa shape index (κ1) is 10.8. The topological polar surface area (TPSA) is 61.0 Å². The average molecular weight is 272 g/mol. The van der Waals surface area contributed by atoms with Crippen molar-refractivity contribution >= 4 is 21.7 Å². The maximum absolute atomic E-state index is 5.82. The Morgan fingerprint density at radius 3 is 2.67 bits per heavy atom. The fourth-order valence-corrected chi connectivity index (χ4v) is 1.72. The van der Waals surface area contributed by atoms with Crippen molar-refractivity contribution in [1.29, 1.82) is 0 Å². The van der Waals surface area contributed by atoms with E-state index in [0.717, 1.165) is 28.8 Å². The fourth-order valence-electron chi connectivity index (χ4n) is 1.43. The number of rotatable bonds is 3. The lowest BCUT2D eigenvalue weighted by Gasteiger charge is -2.11. The fraction of sp³-hybridized carbons (Fsp3) is 0.600. The molecule has 0 radical (unpaired) electrons. The van der Waals surface area contributed by atoms with Crippen molar-refractivity contribution in [3.05, 3.63) is 16.0 Å². The second-order valence-electron chi connectivity index (χ2n) is 4.19. The Labute approximate surface area is 97.4 Å². The monoisotopic (exact) mass is 271 g/mol. The van der Waals surface area contributed by atoms with Crippen LogP contribution >= 0.6 is 15.9 Å². The Balaban J connectivity index is 2.41. The SMILES string of the molecule is COCc1nc(C2(C)CC2)nc(N)c1Br. The maximum atomic E-state index is 5.82. The highest BCUT2D eigenvalue weighted by Gasteiger charge is 2.42. The van der Waals surface area contributed by atoms with E-state index in [0.29, 0.717) is 12.4 Å². The molecule has 0 atom stereocenters. The van der Waals surface area contributed by atoms with Crippen molar-refractivity contribution in [2.24, 2.45) is 0 Å². The third-order valence-electron chi connectivity index (χ3n) is 2.77. The molecule has 82 valence electrons. The Hall–Kier alpha value is -0.680. The maximum Gasteiger partial charge on any atom is 0.141 e. The second kappa shape index (κ2) is 3.72. The van der Waals surface area contributed by atoms with E-state index >= 15 is 0 Å². The zero-order valence-electron chi connectivity index (χ0n) is 8.88. The third-order valence-corrected chi connectivity index (χ3v) is 3.63. The molecule has 2 N–H and O–H groups in total. The predicted octanol–water partition coefficient (Wildman–Crippen LogP) is 2.02. The number of ether oxygens (including phenoxy) is 1. The van der Waals surface area contributed by atoms with Crippen LogP contribution in [0.15, 0.2) is 4.47 Å². The standard InChI is InChI=1S/C10H14BrN3O/c1-10(3-4-10)9-13-6(5-15-2)7(11)8(12)14-9/h3-5H2,1-2H3,(H2,12,13,14). The van der Waals surface area contributed by atoms with Gasteiger partial charge in [0.2, 0.25) is 0 Å². The van der Waals surface area contributed by atoms with Crippen LogP contribution in [0.3, 0.4) is 0 Å². The Bertz CT molecular complexity index is 390. The van der Waals surface area contributed by atoms with Gasteiger partial charge in [0, 0.05) is 12.5 Å². The lowest BCUT2D eigenvalue weighted by molar-refractivity contribution is 0.180. The molecular formula is C10H14BrN3O. The summed E-state index contributed by atoms with van der Waals surface area (Å²) in [5.74, 6) is 1.34. The molecule has 0 aromatic carbocycles. The molecule has 1 aromatic heterocycles. The van der Waals surface area contributed by atoms with E-state index in [1.54, 1.807) is 7.11 Å². The molecular weight excluding hydrogens is 258 g/mol. The van der Waals surface area contributed by atoms with E-state index in [4.69, 9.17) is 10.5 Å². The van der Waals surface area contributed by atoms with Gasteiger partial charge in [-0.3, -0.25) is 0 Å². The van der Waals surface area contributed by atoms with Crippen molar-refractivity contribution in [2.45, 2.75) is 31.8 Å². The molecule has 2 rings (SSSR count).